The number of piperazine rings is 1. The van der Waals surface area contributed by atoms with Crippen molar-refractivity contribution in [2.24, 2.45) is 0 Å². The van der Waals surface area contributed by atoms with Crippen LogP contribution in [0.5, 0.6) is 5.75 Å². The first-order chi connectivity index (χ1) is 13.5. The number of methoxy groups -OCH3 is 1. The first-order valence-electron chi connectivity index (χ1n) is 9.30. The summed E-state index contributed by atoms with van der Waals surface area (Å²) in [4.78, 5) is 21.7. The molecule has 1 fully saturated rings. The summed E-state index contributed by atoms with van der Waals surface area (Å²) in [5, 5.41) is 0.887. The predicted octanol–water partition coefficient (Wildman–Crippen LogP) is 3.65. The highest BCUT2D eigenvalue weighted by molar-refractivity contribution is 5.99. The Balaban J connectivity index is 1.52. The third-order valence-corrected chi connectivity index (χ3v) is 5.20. The molecule has 2 aromatic carbocycles. The van der Waals surface area contributed by atoms with Gasteiger partial charge >= 0.3 is 0 Å². The minimum atomic E-state index is -0.242. The number of carbonyl (C=O) groups is 1. The number of anilines is 1. The summed E-state index contributed by atoms with van der Waals surface area (Å²) in [6.45, 7) is 4.53. The van der Waals surface area contributed by atoms with E-state index in [1.807, 2.05) is 36.1 Å². The number of aryl methyl sites for hydroxylation is 1. The van der Waals surface area contributed by atoms with Crippen LogP contribution in [0, 0.1) is 12.7 Å². The van der Waals surface area contributed by atoms with E-state index in [4.69, 9.17) is 4.74 Å². The zero-order valence-corrected chi connectivity index (χ0v) is 16.0. The van der Waals surface area contributed by atoms with Gasteiger partial charge < -0.3 is 14.5 Å². The van der Waals surface area contributed by atoms with Gasteiger partial charge in [0, 0.05) is 37.3 Å². The molecule has 0 atom stereocenters. The number of benzene rings is 2. The molecule has 1 amide bonds. The molecule has 2 heterocycles. The number of hydrogen-bond donors (Lipinski definition) is 0. The van der Waals surface area contributed by atoms with E-state index in [-0.39, 0.29) is 11.7 Å². The van der Waals surface area contributed by atoms with Crippen molar-refractivity contribution in [3.63, 3.8) is 0 Å². The normalized spacial score (nSPS) is 14.4. The van der Waals surface area contributed by atoms with Crippen molar-refractivity contribution in [3.8, 4) is 5.75 Å². The topological polar surface area (TPSA) is 45.7 Å². The Morgan fingerprint density at radius 1 is 1.04 bits per heavy atom. The molecule has 1 aliphatic rings. The maximum atomic E-state index is 13.1. The molecular formula is C22H22FN3O2. The number of ether oxygens (including phenoxy) is 1. The molecule has 5 nitrogen and oxygen atoms in total. The molecule has 0 saturated carbocycles. The SMILES string of the molecule is COc1ccc2nc(C)c(C(=O)N3CCN(c4ccc(F)cc4)CC3)cc2c1. The Morgan fingerprint density at radius 3 is 2.43 bits per heavy atom. The van der Waals surface area contributed by atoms with E-state index in [2.05, 4.69) is 9.88 Å². The standard InChI is InChI=1S/C22H22FN3O2/c1-15-20(14-16-13-19(28-2)7-8-21(16)24-15)22(27)26-11-9-25(10-12-26)18-5-3-17(23)4-6-18/h3-8,13-14H,9-12H2,1-2H3. The number of fused-ring (bicyclic) bond motifs is 1. The van der Waals surface area contributed by atoms with Crippen LogP contribution in [0.2, 0.25) is 0 Å². The molecule has 6 heteroatoms. The molecule has 0 N–H and O–H groups in total. The molecule has 0 spiro atoms. The molecule has 28 heavy (non-hydrogen) atoms. The monoisotopic (exact) mass is 379 g/mol. The van der Waals surface area contributed by atoms with Crippen LogP contribution in [0.25, 0.3) is 10.9 Å². The van der Waals surface area contributed by atoms with Crippen LogP contribution in [-0.4, -0.2) is 49.1 Å². The number of pyridine rings is 1. The highest BCUT2D eigenvalue weighted by atomic mass is 19.1. The number of nitrogens with zero attached hydrogens (tertiary/aromatic N) is 3. The van der Waals surface area contributed by atoms with Gasteiger partial charge in [0.05, 0.1) is 23.9 Å². The van der Waals surface area contributed by atoms with Gasteiger partial charge in [-0.25, -0.2) is 4.39 Å². The summed E-state index contributed by atoms with van der Waals surface area (Å²) >= 11 is 0. The second kappa shape index (κ2) is 7.46. The Kier molecular flexibility index (Phi) is 4.86. The average Bonchev–Trinajstić information content (AvgIpc) is 2.73. The van der Waals surface area contributed by atoms with E-state index < -0.39 is 0 Å². The first kappa shape index (κ1) is 18.2. The van der Waals surface area contributed by atoms with E-state index in [9.17, 15) is 9.18 Å². The molecule has 1 aromatic heterocycles. The van der Waals surface area contributed by atoms with Crippen LogP contribution < -0.4 is 9.64 Å². The van der Waals surface area contributed by atoms with Crippen molar-refractivity contribution >= 4 is 22.5 Å². The summed E-state index contributed by atoms with van der Waals surface area (Å²) < 4.78 is 18.4. The maximum absolute atomic E-state index is 13.1. The van der Waals surface area contributed by atoms with Gasteiger partial charge in [-0.1, -0.05) is 0 Å². The van der Waals surface area contributed by atoms with Crippen LogP contribution in [0.4, 0.5) is 10.1 Å². The highest BCUT2D eigenvalue weighted by Crippen LogP contribution is 2.24. The molecule has 0 unspecified atom stereocenters. The number of rotatable bonds is 3. The molecule has 3 aromatic rings. The third-order valence-electron chi connectivity index (χ3n) is 5.20. The molecule has 1 aliphatic heterocycles. The molecule has 0 bridgehead atoms. The van der Waals surface area contributed by atoms with Crippen molar-refractivity contribution in [3.05, 3.63) is 65.6 Å². The molecule has 0 radical (unpaired) electrons. The highest BCUT2D eigenvalue weighted by Gasteiger charge is 2.24. The second-order valence-electron chi connectivity index (χ2n) is 6.94. The first-order valence-corrected chi connectivity index (χ1v) is 9.30. The molecule has 144 valence electrons. The number of hydrogen-bond acceptors (Lipinski definition) is 4. The van der Waals surface area contributed by atoms with Gasteiger partial charge in [0.1, 0.15) is 11.6 Å². The van der Waals surface area contributed by atoms with Gasteiger partial charge in [-0.05, 0) is 55.5 Å². The maximum Gasteiger partial charge on any atom is 0.255 e. The minimum absolute atomic E-state index is 0.00604. The number of halogens is 1. The summed E-state index contributed by atoms with van der Waals surface area (Å²) in [6, 6.07) is 14.0. The zero-order chi connectivity index (χ0) is 19.7. The second-order valence-corrected chi connectivity index (χ2v) is 6.94. The fourth-order valence-electron chi connectivity index (χ4n) is 3.58. The Hall–Kier alpha value is -3.15. The Labute approximate surface area is 163 Å². The van der Waals surface area contributed by atoms with Crippen molar-refractivity contribution in [2.75, 3.05) is 38.2 Å². The van der Waals surface area contributed by atoms with E-state index in [1.165, 1.54) is 12.1 Å². The Morgan fingerprint density at radius 2 is 1.75 bits per heavy atom. The lowest BCUT2D eigenvalue weighted by Crippen LogP contribution is -2.49. The van der Waals surface area contributed by atoms with Crippen LogP contribution in [0.15, 0.2) is 48.5 Å². The molecular weight excluding hydrogens is 357 g/mol. The van der Waals surface area contributed by atoms with Crippen molar-refractivity contribution < 1.29 is 13.9 Å². The van der Waals surface area contributed by atoms with E-state index in [0.29, 0.717) is 31.7 Å². The van der Waals surface area contributed by atoms with Gasteiger partial charge in [-0.15, -0.1) is 0 Å². The van der Waals surface area contributed by atoms with E-state index in [1.54, 1.807) is 19.2 Å². The number of amides is 1. The summed E-state index contributed by atoms with van der Waals surface area (Å²) in [7, 11) is 1.62. The summed E-state index contributed by atoms with van der Waals surface area (Å²) in [5.41, 5.74) is 3.17. The van der Waals surface area contributed by atoms with Crippen molar-refractivity contribution in [2.45, 2.75) is 6.92 Å². The fourth-order valence-corrected chi connectivity index (χ4v) is 3.58. The largest absolute Gasteiger partial charge is 0.497 e. The smallest absolute Gasteiger partial charge is 0.255 e. The van der Waals surface area contributed by atoms with Gasteiger partial charge in [0.25, 0.3) is 5.91 Å². The van der Waals surface area contributed by atoms with Gasteiger partial charge in [-0.2, -0.15) is 0 Å². The lowest BCUT2D eigenvalue weighted by atomic mass is 10.1. The molecule has 4 rings (SSSR count). The van der Waals surface area contributed by atoms with Gasteiger partial charge in [-0.3, -0.25) is 9.78 Å². The number of carbonyl (C=O) groups excluding carboxylic acids is 1. The molecule has 1 saturated heterocycles. The molecule has 0 aliphatic carbocycles. The van der Waals surface area contributed by atoms with E-state index >= 15 is 0 Å². The van der Waals surface area contributed by atoms with Crippen LogP contribution in [-0.2, 0) is 0 Å². The van der Waals surface area contributed by atoms with Crippen LogP contribution in [0.3, 0.4) is 0 Å². The van der Waals surface area contributed by atoms with Gasteiger partial charge in [0.2, 0.25) is 0 Å². The van der Waals surface area contributed by atoms with Crippen LogP contribution >= 0.6 is 0 Å². The minimum Gasteiger partial charge on any atom is -0.497 e. The third kappa shape index (κ3) is 3.50. The Bertz CT molecular complexity index is 1010. The quantitative estimate of drug-likeness (QED) is 0.697. The average molecular weight is 379 g/mol. The van der Waals surface area contributed by atoms with Crippen molar-refractivity contribution in [1.29, 1.82) is 0 Å². The van der Waals surface area contributed by atoms with Gasteiger partial charge in [0.15, 0.2) is 0 Å². The lowest BCUT2D eigenvalue weighted by molar-refractivity contribution is 0.0745. The lowest BCUT2D eigenvalue weighted by Gasteiger charge is -2.36. The van der Waals surface area contributed by atoms with Crippen molar-refractivity contribution in [1.82, 2.24) is 9.88 Å². The summed E-state index contributed by atoms with van der Waals surface area (Å²) in [5.74, 6) is 0.492. The predicted molar refractivity (Wildman–Crippen MR) is 108 cm³/mol. The fraction of sp³-hybridized carbons (Fsp3) is 0.273. The zero-order valence-electron chi connectivity index (χ0n) is 16.0. The van der Waals surface area contributed by atoms with Crippen LogP contribution in [0.1, 0.15) is 16.1 Å². The van der Waals surface area contributed by atoms with E-state index in [0.717, 1.165) is 28.0 Å². The number of aromatic nitrogens is 1. The summed E-state index contributed by atoms with van der Waals surface area (Å²) in [6.07, 6.45) is 0.